The van der Waals surface area contributed by atoms with Crippen molar-refractivity contribution in [2.75, 3.05) is 20.1 Å². The lowest BCUT2D eigenvalue weighted by Gasteiger charge is -2.42. The van der Waals surface area contributed by atoms with Gasteiger partial charge in [-0.25, -0.2) is 0 Å². The lowest BCUT2D eigenvalue weighted by molar-refractivity contribution is -0.887. The smallest absolute Gasteiger partial charge is 0.258 e. The van der Waals surface area contributed by atoms with Crippen molar-refractivity contribution in [2.45, 2.75) is 18.6 Å². The van der Waals surface area contributed by atoms with Crippen molar-refractivity contribution in [2.24, 2.45) is 0 Å². The van der Waals surface area contributed by atoms with Crippen molar-refractivity contribution >= 4 is 5.91 Å². The molecule has 1 saturated heterocycles. The highest BCUT2D eigenvalue weighted by molar-refractivity contribution is 5.98. The van der Waals surface area contributed by atoms with E-state index in [-0.39, 0.29) is 5.91 Å². The molecule has 17 heavy (non-hydrogen) atoms. The Morgan fingerprint density at radius 2 is 2.00 bits per heavy atom. The molecule has 0 saturated carbocycles. The van der Waals surface area contributed by atoms with Crippen LogP contribution in [-0.4, -0.2) is 31.8 Å². The summed E-state index contributed by atoms with van der Waals surface area (Å²) >= 11 is 0. The predicted molar refractivity (Wildman–Crippen MR) is 63.1 cm³/mol. The first-order valence-corrected chi connectivity index (χ1v) is 6.10. The van der Waals surface area contributed by atoms with Gasteiger partial charge in [0.1, 0.15) is 5.75 Å². The van der Waals surface area contributed by atoms with E-state index in [1.807, 2.05) is 18.2 Å². The van der Waals surface area contributed by atoms with Crippen LogP contribution in [0.1, 0.15) is 23.2 Å². The number of carbonyl (C=O) groups is 1. The zero-order valence-electron chi connectivity index (χ0n) is 9.95. The van der Waals surface area contributed by atoms with Crippen molar-refractivity contribution in [1.29, 1.82) is 0 Å². The second-order valence-corrected chi connectivity index (χ2v) is 5.00. The van der Waals surface area contributed by atoms with E-state index in [1.54, 1.807) is 6.07 Å². The summed E-state index contributed by atoms with van der Waals surface area (Å²) in [5.41, 5.74) is 0.176. The average Bonchev–Trinajstić information content (AvgIpc) is 2.34. The van der Waals surface area contributed by atoms with Gasteiger partial charge in [0, 0.05) is 0 Å². The molecule has 2 heterocycles. The standard InChI is InChI=1S/C13H16N2O2/c1-15-8-6-13(7-9-15)14-12(16)10-4-2-3-5-11(10)17-13/h2-5H,6-9H2,1H3,(H,14,16)/p+1. The topological polar surface area (TPSA) is 42.8 Å². The monoisotopic (exact) mass is 233 g/mol. The number of amides is 1. The SMILES string of the molecule is C[NH+]1CCC2(CC1)NC(=O)c1ccccc1O2. The van der Waals surface area contributed by atoms with Gasteiger partial charge in [-0.1, -0.05) is 12.1 Å². The third-order valence-corrected chi connectivity index (χ3v) is 3.69. The summed E-state index contributed by atoms with van der Waals surface area (Å²) < 4.78 is 6.03. The lowest BCUT2D eigenvalue weighted by atomic mass is 9.97. The van der Waals surface area contributed by atoms with Crippen LogP contribution in [0.25, 0.3) is 0 Å². The molecule has 0 aliphatic carbocycles. The maximum Gasteiger partial charge on any atom is 0.258 e. The molecule has 0 aromatic heterocycles. The van der Waals surface area contributed by atoms with Gasteiger partial charge in [0.05, 0.1) is 38.5 Å². The number of ether oxygens (including phenoxy) is 1. The minimum atomic E-state index is -0.467. The largest absolute Gasteiger partial charge is 0.467 e. The number of carbonyl (C=O) groups excluding carboxylic acids is 1. The molecule has 1 spiro atoms. The normalized spacial score (nSPS) is 31.6. The number of hydrogen-bond donors (Lipinski definition) is 2. The fourth-order valence-corrected chi connectivity index (χ4v) is 2.56. The summed E-state index contributed by atoms with van der Waals surface area (Å²) in [6, 6.07) is 7.45. The molecule has 0 atom stereocenters. The van der Waals surface area contributed by atoms with Gasteiger partial charge in [0.2, 0.25) is 0 Å². The quantitative estimate of drug-likeness (QED) is 0.652. The predicted octanol–water partition coefficient (Wildman–Crippen LogP) is -0.186. The van der Waals surface area contributed by atoms with E-state index in [9.17, 15) is 4.79 Å². The molecule has 1 aromatic carbocycles. The summed E-state index contributed by atoms with van der Waals surface area (Å²) in [5, 5.41) is 3.03. The highest BCUT2D eigenvalue weighted by Crippen LogP contribution is 2.31. The second kappa shape index (κ2) is 3.74. The summed E-state index contributed by atoms with van der Waals surface area (Å²) in [6.07, 6.45) is 1.75. The first-order chi connectivity index (χ1) is 8.19. The number of nitrogens with one attached hydrogen (secondary N) is 2. The highest BCUT2D eigenvalue weighted by atomic mass is 16.5. The zero-order valence-corrected chi connectivity index (χ0v) is 9.95. The fourth-order valence-electron chi connectivity index (χ4n) is 2.56. The number of fused-ring (bicyclic) bond motifs is 1. The third-order valence-electron chi connectivity index (χ3n) is 3.69. The van der Waals surface area contributed by atoms with Crippen LogP contribution in [0.3, 0.4) is 0 Å². The van der Waals surface area contributed by atoms with Crippen molar-refractivity contribution in [1.82, 2.24) is 5.32 Å². The Morgan fingerprint density at radius 3 is 2.76 bits per heavy atom. The van der Waals surface area contributed by atoms with E-state index >= 15 is 0 Å². The van der Waals surface area contributed by atoms with Gasteiger partial charge in [0.15, 0.2) is 5.72 Å². The third kappa shape index (κ3) is 1.78. The highest BCUT2D eigenvalue weighted by Gasteiger charge is 2.43. The number of benzene rings is 1. The van der Waals surface area contributed by atoms with Gasteiger partial charge < -0.3 is 15.0 Å². The van der Waals surface area contributed by atoms with Crippen LogP contribution >= 0.6 is 0 Å². The molecule has 1 aromatic rings. The summed E-state index contributed by atoms with van der Waals surface area (Å²) in [6.45, 7) is 2.06. The van der Waals surface area contributed by atoms with Crippen molar-refractivity contribution in [3.8, 4) is 5.75 Å². The van der Waals surface area contributed by atoms with Gasteiger partial charge in [-0.05, 0) is 12.1 Å². The van der Waals surface area contributed by atoms with E-state index in [0.29, 0.717) is 5.56 Å². The van der Waals surface area contributed by atoms with Gasteiger partial charge in [-0.2, -0.15) is 0 Å². The number of piperidine rings is 1. The van der Waals surface area contributed by atoms with Gasteiger partial charge in [-0.15, -0.1) is 0 Å². The zero-order chi connectivity index (χ0) is 11.9. The first kappa shape index (κ1) is 10.6. The molecule has 2 aliphatic rings. The number of likely N-dealkylation sites (tertiary alicyclic amines) is 1. The number of para-hydroxylation sites is 1. The molecule has 90 valence electrons. The summed E-state index contributed by atoms with van der Waals surface area (Å²) in [7, 11) is 2.17. The van der Waals surface area contributed by atoms with Crippen molar-refractivity contribution < 1.29 is 14.4 Å². The Kier molecular flexibility index (Phi) is 2.33. The second-order valence-electron chi connectivity index (χ2n) is 5.00. The molecule has 0 radical (unpaired) electrons. The number of rotatable bonds is 0. The Hall–Kier alpha value is -1.55. The van der Waals surface area contributed by atoms with Crippen LogP contribution in [-0.2, 0) is 0 Å². The van der Waals surface area contributed by atoms with E-state index in [0.717, 1.165) is 31.7 Å². The Morgan fingerprint density at radius 1 is 1.29 bits per heavy atom. The molecule has 3 rings (SSSR count). The maximum absolute atomic E-state index is 12.0. The molecule has 0 bridgehead atoms. The van der Waals surface area contributed by atoms with Gasteiger partial charge in [-0.3, -0.25) is 4.79 Å². The van der Waals surface area contributed by atoms with Crippen LogP contribution in [0.2, 0.25) is 0 Å². The summed E-state index contributed by atoms with van der Waals surface area (Å²) in [5.74, 6) is 0.710. The molecular formula is C13H17N2O2+. The molecule has 4 nitrogen and oxygen atoms in total. The minimum Gasteiger partial charge on any atom is -0.467 e. The van der Waals surface area contributed by atoms with Gasteiger partial charge in [0.25, 0.3) is 5.91 Å². The fraction of sp³-hybridized carbons (Fsp3) is 0.462. The van der Waals surface area contributed by atoms with Crippen molar-refractivity contribution in [3.05, 3.63) is 29.8 Å². The van der Waals surface area contributed by atoms with Crippen LogP contribution in [0, 0.1) is 0 Å². The number of quaternary nitrogens is 1. The van der Waals surface area contributed by atoms with E-state index in [1.165, 1.54) is 4.90 Å². The minimum absolute atomic E-state index is 0.00796. The van der Waals surface area contributed by atoms with Crippen LogP contribution in [0.15, 0.2) is 24.3 Å². The van der Waals surface area contributed by atoms with Crippen molar-refractivity contribution in [3.63, 3.8) is 0 Å². The van der Waals surface area contributed by atoms with Gasteiger partial charge >= 0.3 is 0 Å². The van der Waals surface area contributed by atoms with Crippen LogP contribution in [0.5, 0.6) is 5.75 Å². The Labute approximate surface area is 101 Å². The van der Waals surface area contributed by atoms with Crippen LogP contribution in [0.4, 0.5) is 0 Å². The lowest BCUT2D eigenvalue weighted by Crippen LogP contribution is -3.11. The Bertz CT molecular complexity index is 450. The van der Waals surface area contributed by atoms with E-state index in [4.69, 9.17) is 4.74 Å². The maximum atomic E-state index is 12.0. The molecule has 4 heteroatoms. The molecule has 2 N–H and O–H groups in total. The molecule has 2 aliphatic heterocycles. The van der Waals surface area contributed by atoms with Crippen LogP contribution < -0.4 is 15.0 Å². The van der Waals surface area contributed by atoms with E-state index in [2.05, 4.69) is 12.4 Å². The Balaban J connectivity index is 1.91. The summed E-state index contributed by atoms with van der Waals surface area (Å²) in [4.78, 5) is 13.5. The van der Waals surface area contributed by atoms with E-state index < -0.39 is 5.72 Å². The first-order valence-electron chi connectivity index (χ1n) is 6.10. The molecule has 1 amide bonds. The number of hydrogen-bond acceptors (Lipinski definition) is 2. The molecular weight excluding hydrogens is 216 g/mol. The molecule has 0 unspecified atom stereocenters. The molecule has 1 fully saturated rings. The average molecular weight is 233 g/mol.